The van der Waals surface area contributed by atoms with E-state index in [1.165, 1.54) is 27.0 Å². The summed E-state index contributed by atoms with van der Waals surface area (Å²) in [5.74, 6) is -0.112. The van der Waals surface area contributed by atoms with Crippen molar-refractivity contribution in [2.45, 2.75) is 33.1 Å². The number of methoxy groups -OCH3 is 1. The summed E-state index contributed by atoms with van der Waals surface area (Å²) in [6, 6.07) is 4.71. The van der Waals surface area contributed by atoms with Crippen LogP contribution in [-0.4, -0.2) is 23.8 Å². The first-order chi connectivity index (χ1) is 10.7. The fraction of sp³-hybridized carbons (Fsp3) is 0.333. The van der Waals surface area contributed by atoms with Crippen molar-refractivity contribution in [3.8, 4) is 11.5 Å². The predicted octanol–water partition coefficient (Wildman–Crippen LogP) is 2.60. The molecule has 2 N–H and O–H groups in total. The second-order valence-corrected chi connectivity index (χ2v) is 5.76. The van der Waals surface area contributed by atoms with Crippen molar-refractivity contribution in [3.05, 3.63) is 46.8 Å². The van der Waals surface area contributed by atoms with E-state index in [0.29, 0.717) is 16.8 Å². The predicted molar refractivity (Wildman–Crippen MR) is 87.3 cm³/mol. The van der Waals surface area contributed by atoms with Crippen LogP contribution in [0.2, 0.25) is 0 Å². The number of allylic oxidation sites excluding steroid dienone is 4. The molecular weight excluding hydrogens is 294 g/mol. The van der Waals surface area contributed by atoms with Gasteiger partial charge in [-0.1, -0.05) is 6.07 Å². The molecule has 0 saturated heterocycles. The smallest absolute Gasteiger partial charge is 0.160 e. The van der Waals surface area contributed by atoms with E-state index in [1.807, 2.05) is 6.92 Å². The van der Waals surface area contributed by atoms with Gasteiger partial charge < -0.3 is 15.2 Å². The first-order valence-corrected chi connectivity index (χ1v) is 7.31. The topological polar surface area (TPSA) is 75.6 Å². The third kappa shape index (κ3) is 2.63. The molecule has 23 heavy (non-hydrogen) atoms. The molecule has 1 aliphatic heterocycles. The van der Waals surface area contributed by atoms with E-state index in [2.05, 4.69) is 5.32 Å². The van der Waals surface area contributed by atoms with Gasteiger partial charge in [0.15, 0.2) is 17.3 Å². The Morgan fingerprint density at radius 2 is 1.87 bits per heavy atom. The second-order valence-electron chi connectivity index (χ2n) is 5.76. The number of carbonyl (C=O) groups excluding carboxylic acids is 2. The molecule has 5 heteroatoms. The van der Waals surface area contributed by atoms with E-state index in [9.17, 15) is 14.7 Å². The Kier molecular flexibility index (Phi) is 4.32. The van der Waals surface area contributed by atoms with Crippen molar-refractivity contribution in [2.24, 2.45) is 0 Å². The molecule has 1 aromatic carbocycles. The van der Waals surface area contributed by atoms with E-state index in [4.69, 9.17) is 4.74 Å². The van der Waals surface area contributed by atoms with Crippen LogP contribution < -0.4 is 10.1 Å². The summed E-state index contributed by atoms with van der Waals surface area (Å²) in [4.78, 5) is 24.9. The number of phenolic OH excluding ortho intramolecular Hbond substituents is 1. The van der Waals surface area contributed by atoms with Crippen LogP contribution in [0.4, 0.5) is 0 Å². The summed E-state index contributed by atoms with van der Waals surface area (Å²) in [5.41, 5.74) is 1.24. The van der Waals surface area contributed by atoms with Crippen molar-refractivity contribution in [1.82, 2.24) is 5.32 Å². The van der Waals surface area contributed by atoms with Crippen molar-refractivity contribution >= 4 is 11.6 Å². The molecule has 2 rings (SSSR count). The summed E-state index contributed by atoms with van der Waals surface area (Å²) in [6.07, 6.45) is 1.75. The number of ether oxygens (including phenoxy) is 1. The van der Waals surface area contributed by atoms with Crippen LogP contribution in [0.25, 0.3) is 0 Å². The average molecular weight is 315 g/mol. The number of hydrogen-bond donors (Lipinski definition) is 2. The number of dihydropyridines is 1. The van der Waals surface area contributed by atoms with Crippen LogP contribution in [0.15, 0.2) is 41.2 Å². The normalized spacial score (nSPS) is 20.7. The van der Waals surface area contributed by atoms with E-state index in [0.717, 1.165) is 5.70 Å². The Bertz CT molecular complexity index is 745. The van der Waals surface area contributed by atoms with Crippen LogP contribution in [0.3, 0.4) is 0 Å². The van der Waals surface area contributed by atoms with Gasteiger partial charge in [-0.2, -0.15) is 0 Å². The number of aromatic hydroxyl groups is 1. The molecule has 0 aromatic heterocycles. The molecule has 1 heterocycles. The highest BCUT2D eigenvalue weighted by molar-refractivity contribution is 6.08. The highest BCUT2D eigenvalue weighted by atomic mass is 16.5. The highest BCUT2D eigenvalue weighted by Gasteiger charge is 2.44. The van der Waals surface area contributed by atoms with Gasteiger partial charge in [-0.3, -0.25) is 9.59 Å². The molecule has 1 aromatic rings. The van der Waals surface area contributed by atoms with Gasteiger partial charge in [0.2, 0.25) is 0 Å². The largest absolute Gasteiger partial charge is 0.504 e. The minimum absolute atomic E-state index is 0.0188. The minimum atomic E-state index is -1.19. The monoisotopic (exact) mass is 315 g/mol. The Labute approximate surface area is 135 Å². The maximum absolute atomic E-state index is 12.6. The Balaban J connectivity index is 2.84. The van der Waals surface area contributed by atoms with Crippen LogP contribution in [-0.2, 0) is 15.0 Å². The molecule has 0 fully saturated rings. The first kappa shape index (κ1) is 16.8. The van der Waals surface area contributed by atoms with Crippen LogP contribution >= 0.6 is 0 Å². The lowest BCUT2D eigenvalue weighted by atomic mass is 9.67. The maximum Gasteiger partial charge on any atom is 0.160 e. The van der Waals surface area contributed by atoms with Gasteiger partial charge in [0.25, 0.3) is 0 Å². The zero-order valence-corrected chi connectivity index (χ0v) is 14.0. The molecule has 0 amide bonds. The van der Waals surface area contributed by atoms with E-state index in [-0.39, 0.29) is 23.1 Å². The molecular formula is C18H21NO4. The van der Waals surface area contributed by atoms with Gasteiger partial charge in [-0.05, 0) is 51.5 Å². The Morgan fingerprint density at radius 3 is 2.39 bits per heavy atom. The third-order valence-electron chi connectivity index (χ3n) is 4.13. The van der Waals surface area contributed by atoms with Crippen LogP contribution in [0.1, 0.15) is 33.3 Å². The number of Topliss-reactive ketones (excluding diaryl/α,β-unsaturated/α-hetero) is 2. The summed E-state index contributed by atoms with van der Waals surface area (Å²) < 4.78 is 5.15. The maximum atomic E-state index is 12.6. The highest BCUT2D eigenvalue weighted by Crippen LogP contribution is 2.42. The number of carbonyl (C=O) groups is 2. The molecule has 1 unspecified atom stereocenters. The average Bonchev–Trinajstić information content (AvgIpc) is 2.45. The first-order valence-electron chi connectivity index (χ1n) is 7.31. The number of ketones is 2. The van der Waals surface area contributed by atoms with Crippen LogP contribution in [0.5, 0.6) is 11.5 Å². The molecule has 0 bridgehead atoms. The van der Waals surface area contributed by atoms with E-state index >= 15 is 0 Å². The Hall–Kier alpha value is -2.56. The molecule has 1 aliphatic rings. The van der Waals surface area contributed by atoms with E-state index in [1.54, 1.807) is 25.1 Å². The fourth-order valence-electron chi connectivity index (χ4n) is 3.26. The van der Waals surface area contributed by atoms with Gasteiger partial charge in [-0.15, -0.1) is 0 Å². The van der Waals surface area contributed by atoms with Gasteiger partial charge in [-0.25, -0.2) is 0 Å². The molecule has 0 radical (unpaired) electrons. The standard InChI is InChI=1S/C18H21NO4/c1-10-9-18(13(4)21,17(12(3)20)11(2)19-10)14-6-7-15(22)16(8-14)23-5/h6-9,19,22H,1-5H3. The second kappa shape index (κ2) is 5.91. The number of benzene rings is 1. The lowest BCUT2D eigenvalue weighted by molar-refractivity contribution is -0.122. The van der Waals surface area contributed by atoms with Crippen molar-refractivity contribution < 1.29 is 19.4 Å². The quantitative estimate of drug-likeness (QED) is 0.893. The Morgan fingerprint density at radius 1 is 1.22 bits per heavy atom. The van der Waals surface area contributed by atoms with Gasteiger partial charge in [0.1, 0.15) is 11.2 Å². The summed E-state index contributed by atoms with van der Waals surface area (Å²) in [7, 11) is 1.44. The molecule has 122 valence electrons. The minimum Gasteiger partial charge on any atom is -0.504 e. The SMILES string of the molecule is COc1cc(C2(C(C)=O)C=C(C)NC(C)=C2C(C)=O)ccc1O. The molecule has 0 saturated carbocycles. The third-order valence-corrected chi connectivity index (χ3v) is 4.13. The number of phenols is 1. The molecule has 5 nitrogen and oxygen atoms in total. The van der Waals surface area contributed by atoms with E-state index < -0.39 is 5.41 Å². The number of nitrogens with one attached hydrogen (secondary N) is 1. The summed E-state index contributed by atoms with van der Waals surface area (Å²) in [6.45, 7) is 6.54. The van der Waals surface area contributed by atoms with Crippen molar-refractivity contribution in [1.29, 1.82) is 0 Å². The van der Waals surface area contributed by atoms with Crippen LogP contribution in [0, 0.1) is 0 Å². The molecule has 0 spiro atoms. The van der Waals surface area contributed by atoms with Gasteiger partial charge in [0.05, 0.1) is 7.11 Å². The lowest BCUT2D eigenvalue weighted by Gasteiger charge is -2.36. The zero-order chi connectivity index (χ0) is 17.4. The summed E-state index contributed by atoms with van der Waals surface area (Å²) >= 11 is 0. The van der Waals surface area contributed by atoms with Gasteiger partial charge in [0, 0.05) is 17.0 Å². The zero-order valence-electron chi connectivity index (χ0n) is 14.0. The summed E-state index contributed by atoms with van der Waals surface area (Å²) in [5, 5.41) is 12.9. The van der Waals surface area contributed by atoms with Gasteiger partial charge >= 0.3 is 0 Å². The number of rotatable bonds is 4. The van der Waals surface area contributed by atoms with Crippen molar-refractivity contribution in [3.63, 3.8) is 0 Å². The number of hydrogen-bond acceptors (Lipinski definition) is 5. The van der Waals surface area contributed by atoms with Crippen molar-refractivity contribution in [2.75, 3.05) is 7.11 Å². The molecule has 0 aliphatic carbocycles. The lowest BCUT2D eigenvalue weighted by Crippen LogP contribution is -2.42. The fourth-order valence-corrected chi connectivity index (χ4v) is 3.26. The molecule has 1 atom stereocenters.